The molecule has 1 aliphatic rings. The predicted octanol–water partition coefficient (Wildman–Crippen LogP) is 3.09. The number of hydrogen-bond donors (Lipinski definition) is 2. The van der Waals surface area contributed by atoms with Gasteiger partial charge in [-0.25, -0.2) is 9.59 Å². The summed E-state index contributed by atoms with van der Waals surface area (Å²) in [6.07, 6.45) is 1.98. The second-order valence-corrected chi connectivity index (χ2v) is 6.65. The van der Waals surface area contributed by atoms with Gasteiger partial charge >= 0.3 is 12.0 Å². The molecule has 1 heterocycles. The van der Waals surface area contributed by atoms with Crippen LogP contribution < -0.4 is 11.1 Å². The van der Waals surface area contributed by atoms with Gasteiger partial charge in [0.05, 0.1) is 5.56 Å². The Kier molecular flexibility index (Phi) is 6.26. The summed E-state index contributed by atoms with van der Waals surface area (Å²) in [5.41, 5.74) is 6.33. The van der Waals surface area contributed by atoms with Crippen molar-refractivity contribution in [1.82, 2.24) is 4.90 Å². The highest BCUT2D eigenvalue weighted by Gasteiger charge is 2.30. The number of esters is 1. The lowest BCUT2D eigenvalue weighted by molar-refractivity contribution is -0.142. The lowest BCUT2D eigenvalue weighted by atomic mass is 10.1. The lowest BCUT2D eigenvalue weighted by Crippen LogP contribution is -2.40. The molecule has 0 spiro atoms. The minimum Gasteiger partial charge on any atom is -0.444 e. The number of benzene rings is 2. The van der Waals surface area contributed by atoms with Crippen molar-refractivity contribution in [2.24, 2.45) is 5.73 Å². The third-order valence-corrected chi connectivity index (χ3v) is 4.59. The standard InChI is InChI=1S/C21H23N3O4/c22-21(27)23-17-11-7-10-16(14-17)20(26)28-18(15-8-3-1-4-9-15)19(25)24-12-5-2-6-13-24/h1,3-4,7-11,14,18H,2,5-6,12-13H2,(H3,22,23,27). The fraction of sp³-hybridized carbons (Fsp3) is 0.286. The van der Waals surface area contributed by atoms with Crippen molar-refractivity contribution >= 4 is 23.6 Å². The number of primary amides is 1. The SMILES string of the molecule is NC(=O)Nc1cccc(C(=O)OC(C(=O)N2CCCCC2)c2ccccc2)c1. The summed E-state index contributed by atoms with van der Waals surface area (Å²) < 4.78 is 5.62. The summed E-state index contributed by atoms with van der Waals surface area (Å²) in [6, 6.07) is 14.5. The van der Waals surface area contributed by atoms with Gasteiger partial charge in [0.1, 0.15) is 0 Å². The molecule has 1 atom stereocenters. The minimum atomic E-state index is -1.01. The van der Waals surface area contributed by atoms with Crippen molar-refractivity contribution in [3.63, 3.8) is 0 Å². The number of anilines is 1. The average Bonchev–Trinajstić information content (AvgIpc) is 2.72. The normalized spacial score (nSPS) is 14.8. The van der Waals surface area contributed by atoms with Gasteiger partial charge in [-0.1, -0.05) is 36.4 Å². The van der Waals surface area contributed by atoms with Gasteiger partial charge in [0.15, 0.2) is 0 Å². The van der Waals surface area contributed by atoms with E-state index in [1.807, 2.05) is 6.07 Å². The molecule has 0 bridgehead atoms. The number of amides is 3. The van der Waals surface area contributed by atoms with Crippen molar-refractivity contribution < 1.29 is 19.1 Å². The summed E-state index contributed by atoms with van der Waals surface area (Å²) in [6.45, 7) is 1.33. The van der Waals surface area contributed by atoms with Crippen LogP contribution in [-0.4, -0.2) is 35.9 Å². The number of nitrogens with one attached hydrogen (secondary N) is 1. The van der Waals surface area contributed by atoms with E-state index in [0.29, 0.717) is 24.3 Å². The molecule has 2 aromatic rings. The third kappa shape index (κ3) is 4.88. The van der Waals surface area contributed by atoms with Gasteiger partial charge < -0.3 is 20.7 Å². The highest BCUT2D eigenvalue weighted by molar-refractivity contribution is 5.95. The van der Waals surface area contributed by atoms with Gasteiger partial charge in [0.2, 0.25) is 6.10 Å². The monoisotopic (exact) mass is 381 g/mol. The van der Waals surface area contributed by atoms with E-state index in [4.69, 9.17) is 10.5 Å². The van der Waals surface area contributed by atoms with Crippen LogP contribution >= 0.6 is 0 Å². The molecule has 3 rings (SSSR count). The zero-order valence-electron chi connectivity index (χ0n) is 15.5. The van der Waals surface area contributed by atoms with Gasteiger partial charge in [-0.2, -0.15) is 0 Å². The summed E-state index contributed by atoms with van der Waals surface area (Å²) in [7, 11) is 0. The van der Waals surface area contributed by atoms with E-state index < -0.39 is 18.1 Å². The molecule has 146 valence electrons. The maximum Gasteiger partial charge on any atom is 0.339 e. The van der Waals surface area contributed by atoms with Gasteiger partial charge in [-0.05, 0) is 37.5 Å². The number of ether oxygens (including phenoxy) is 1. The molecular formula is C21H23N3O4. The Morgan fingerprint density at radius 2 is 1.68 bits per heavy atom. The molecule has 1 saturated heterocycles. The van der Waals surface area contributed by atoms with Crippen LogP contribution in [0.25, 0.3) is 0 Å². The van der Waals surface area contributed by atoms with Crippen molar-refractivity contribution in [2.75, 3.05) is 18.4 Å². The number of nitrogens with two attached hydrogens (primary N) is 1. The number of carbonyl (C=O) groups excluding carboxylic acids is 3. The number of piperidine rings is 1. The Morgan fingerprint density at radius 1 is 0.964 bits per heavy atom. The van der Waals surface area contributed by atoms with Crippen LogP contribution in [0.3, 0.4) is 0 Å². The Hall–Kier alpha value is -3.35. The first-order valence-corrected chi connectivity index (χ1v) is 9.26. The number of hydrogen-bond acceptors (Lipinski definition) is 4. The second-order valence-electron chi connectivity index (χ2n) is 6.65. The summed E-state index contributed by atoms with van der Waals surface area (Å²) in [5, 5.41) is 2.42. The molecule has 7 nitrogen and oxygen atoms in total. The second kappa shape index (κ2) is 9.03. The van der Waals surface area contributed by atoms with E-state index in [-0.39, 0.29) is 11.5 Å². The first kappa shape index (κ1) is 19.4. The molecule has 0 aromatic heterocycles. The number of nitrogens with zero attached hydrogens (tertiary/aromatic N) is 1. The van der Waals surface area contributed by atoms with E-state index in [2.05, 4.69) is 5.32 Å². The Bertz CT molecular complexity index is 848. The van der Waals surface area contributed by atoms with Crippen molar-refractivity contribution in [1.29, 1.82) is 0 Å². The third-order valence-electron chi connectivity index (χ3n) is 4.59. The van der Waals surface area contributed by atoms with Crippen LogP contribution in [0.4, 0.5) is 10.5 Å². The number of carbonyl (C=O) groups is 3. The molecule has 7 heteroatoms. The zero-order valence-corrected chi connectivity index (χ0v) is 15.5. The maximum atomic E-state index is 13.1. The van der Waals surface area contributed by atoms with Crippen molar-refractivity contribution in [3.05, 3.63) is 65.7 Å². The largest absolute Gasteiger partial charge is 0.444 e. The lowest BCUT2D eigenvalue weighted by Gasteiger charge is -2.30. The summed E-state index contributed by atoms with van der Waals surface area (Å²) >= 11 is 0. The molecule has 3 N–H and O–H groups in total. The first-order valence-electron chi connectivity index (χ1n) is 9.26. The van der Waals surface area contributed by atoms with Gasteiger partial charge in [0.25, 0.3) is 5.91 Å². The van der Waals surface area contributed by atoms with Crippen molar-refractivity contribution in [2.45, 2.75) is 25.4 Å². The molecule has 1 aliphatic heterocycles. The van der Waals surface area contributed by atoms with E-state index in [1.165, 1.54) is 6.07 Å². The molecule has 0 saturated carbocycles. The Balaban J connectivity index is 1.82. The van der Waals surface area contributed by atoms with E-state index in [9.17, 15) is 14.4 Å². The number of rotatable bonds is 5. The van der Waals surface area contributed by atoms with Crippen LogP contribution in [0.5, 0.6) is 0 Å². The molecule has 3 amide bonds. The molecule has 0 aliphatic carbocycles. The first-order chi connectivity index (χ1) is 13.5. The highest BCUT2D eigenvalue weighted by Crippen LogP contribution is 2.24. The molecule has 1 fully saturated rings. The topological polar surface area (TPSA) is 102 Å². The van der Waals surface area contributed by atoms with Crippen LogP contribution in [-0.2, 0) is 9.53 Å². The maximum absolute atomic E-state index is 13.1. The van der Waals surface area contributed by atoms with Crippen LogP contribution in [0.15, 0.2) is 54.6 Å². The molecule has 0 radical (unpaired) electrons. The summed E-state index contributed by atoms with van der Waals surface area (Å²) in [5.74, 6) is -0.863. The Morgan fingerprint density at radius 3 is 2.36 bits per heavy atom. The van der Waals surface area contributed by atoms with E-state index in [1.54, 1.807) is 47.4 Å². The summed E-state index contributed by atoms with van der Waals surface area (Å²) in [4.78, 5) is 38.5. The fourth-order valence-corrected chi connectivity index (χ4v) is 3.21. The van der Waals surface area contributed by atoms with E-state index in [0.717, 1.165) is 19.3 Å². The highest BCUT2D eigenvalue weighted by atomic mass is 16.5. The minimum absolute atomic E-state index is 0.217. The zero-order chi connectivity index (χ0) is 19.9. The van der Waals surface area contributed by atoms with E-state index >= 15 is 0 Å². The Labute approximate surface area is 163 Å². The van der Waals surface area contributed by atoms with Gasteiger partial charge in [0, 0.05) is 24.3 Å². The molecule has 1 unspecified atom stereocenters. The van der Waals surface area contributed by atoms with Crippen LogP contribution in [0.1, 0.15) is 41.3 Å². The van der Waals surface area contributed by atoms with Crippen LogP contribution in [0, 0.1) is 0 Å². The number of urea groups is 1. The fourth-order valence-electron chi connectivity index (χ4n) is 3.21. The van der Waals surface area contributed by atoms with Gasteiger partial charge in [-0.15, -0.1) is 0 Å². The van der Waals surface area contributed by atoms with Crippen molar-refractivity contribution in [3.8, 4) is 0 Å². The number of likely N-dealkylation sites (tertiary alicyclic amines) is 1. The molecule has 28 heavy (non-hydrogen) atoms. The predicted molar refractivity (Wildman–Crippen MR) is 105 cm³/mol. The smallest absolute Gasteiger partial charge is 0.339 e. The average molecular weight is 381 g/mol. The van der Waals surface area contributed by atoms with Gasteiger partial charge in [-0.3, -0.25) is 4.79 Å². The molecule has 2 aromatic carbocycles. The quantitative estimate of drug-likeness (QED) is 0.777. The van der Waals surface area contributed by atoms with Crippen LogP contribution in [0.2, 0.25) is 0 Å². The molecular weight excluding hydrogens is 358 g/mol.